The van der Waals surface area contributed by atoms with E-state index < -0.39 is 17.5 Å². The van der Waals surface area contributed by atoms with Gasteiger partial charge in [-0.05, 0) is 42.3 Å². The van der Waals surface area contributed by atoms with E-state index in [1.807, 2.05) is 0 Å². The van der Waals surface area contributed by atoms with E-state index in [0.29, 0.717) is 11.1 Å². The van der Waals surface area contributed by atoms with Crippen molar-refractivity contribution in [1.29, 1.82) is 0 Å². The molecule has 5 heteroatoms. The van der Waals surface area contributed by atoms with Crippen molar-refractivity contribution in [1.82, 2.24) is 0 Å². The summed E-state index contributed by atoms with van der Waals surface area (Å²) in [6.45, 7) is 1.75. The lowest BCUT2D eigenvalue weighted by Crippen LogP contribution is -2.29. The average molecular weight is 285 g/mol. The summed E-state index contributed by atoms with van der Waals surface area (Å²) in [6.07, 6.45) is 0. The summed E-state index contributed by atoms with van der Waals surface area (Å²) in [5, 5.41) is 9.25. The molecule has 4 nitrogen and oxygen atoms in total. The van der Waals surface area contributed by atoms with Gasteiger partial charge in [-0.1, -0.05) is 12.1 Å². The number of phenols is 1. The van der Waals surface area contributed by atoms with Gasteiger partial charge in [-0.2, -0.15) is 0 Å². The molecule has 106 valence electrons. The Morgan fingerprint density at radius 2 is 1.81 bits per heavy atom. The van der Waals surface area contributed by atoms with Gasteiger partial charge in [-0.3, -0.25) is 14.5 Å². The summed E-state index contributed by atoms with van der Waals surface area (Å²) < 4.78 is 14.1. The van der Waals surface area contributed by atoms with Gasteiger partial charge in [-0.15, -0.1) is 0 Å². The number of aryl methyl sites for hydroxylation is 1. The van der Waals surface area contributed by atoms with Gasteiger partial charge in [0, 0.05) is 0 Å². The molecule has 1 aliphatic rings. The molecule has 2 aromatic rings. The minimum Gasteiger partial charge on any atom is -0.508 e. The van der Waals surface area contributed by atoms with Crippen molar-refractivity contribution in [3.8, 4) is 5.75 Å². The van der Waals surface area contributed by atoms with E-state index in [1.165, 1.54) is 24.3 Å². The topological polar surface area (TPSA) is 57.6 Å². The molecule has 1 aliphatic heterocycles. The zero-order valence-electron chi connectivity index (χ0n) is 11.3. The van der Waals surface area contributed by atoms with Crippen LogP contribution in [0.15, 0.2) is 36.4 Å². The van der Waals surface area contributed by atoms with Crippen LogP contribution in [0.2, 0.25) is 0 Å². The van der Waals surface area contributed by atoms with Gasteiger partial charge >= 0.3 is 0 Å². The molecular weight excluding hydrogens is 273 g/mol. The number of carbonyl (C=O) groups excluding carboxylic acids is 2. The molecule has 1 amide bonds. The van der Waals surface area contributed by atoms with Crippen molar-refractivity contribution in [2.24, 2.45) is 0 Å². The molecule has 1 N–H and O–H groups in total. The second kappa shape index (κ2) is 4.70. The van der Waals surface area contributed by atoms with Crippen molar-refractivity contribution in [2.75, 3.05) is 4.90 Å². The van der Waals surface area contributed by atoms with Crippen molar-refractivity contribution < 1.29 is 19.1 Å². The lowest BCUT2D eigenvalue weighted by Gasteiger charge is -2.17. The number of benzene rings is 2. The largest absolute Gasteiger partial charge is 0.508 e. The molecule has 0 atom stereocenters. The number of Topliss-reactive ketones (excluding diaryl/α,β-unsaturated/α-hetero) is 1. The number of ketones is 1. The van der Waals surface area contributed by atoms with Crippen molar-refractivity contribution in [3.05, 3.63) is 58.9 Å². The fourth-order valence-corrected chi connectivity index (χ4v) is 2.46. The Kier molecular flexibility index (Phi) is 2.97. The third-order valence-electron chi connectivity index (χ3n) is 3.44. The van der Waals surface area contributed by atoms with Crippen LogP contribution in [-0.4, -0.2) is 16.8 Å². The van der Waals surface area contributed by atoms with Crippen LogP contribution in [0, 0.1) is 12.7 Å². The zero-order valence-corrected chi connectivity index (χ0v) is 11.3. The third-order valence-corrected chi connectivity index (χ3v) is 3.44. The summed E-state index contributed by atoms with van der Waals surface area (Å²) in [4.78, 5) is 25.2. The number of anilines is 1. The molecule has 0 spiro atoms. The standard InChI is InChI=1S/C16H12FNO3/c1-9-6-12-14(13(17)7-9)18(16(21)15(12)20)8-10-2-4-11(19)5-3-10/h2-7,19H,8H2,1H3. The Labute approximate surface area is 120 Å². The fraction of sp³-hybridized carbons (Fsp3) is 0.125. The highest BCUT2D eigenvalue weighted by Gasteiger charge is 2.38. The minimum absolute atomic E-state index is 0.0312. The molecule has 1 heterocycles. The van der Waals surface area contributed by atoms with Crippen LogP contribution >= 0.6 is 0 Å². The van der Waals surface area contributed by atoms with E-state index in [2.05, 4.69) is 0 Å². The summed E-state index contributed by atoms with van der Waals surface area (Å²) in [5.41, 5.74) is 1.43. The second-order valence-electron chi connectivity index (χ2n) is 5.03. The number of hydrogen-bond donors (Lipinski definition) is 1. The number of nitrogens with zero attached hydrogens (tertiary/aromatic N) is 1. The van der Waals surface area contributed by atoms with Crippen LogP contribution < -0.4 is 4.90 Å². The molecule has 0 saturated carbocycles. The summed E-state index contributed by atoms with van der Waals surface area (Å²) in [6, 6.07) is 9.02. The van der Waals surface area contributed by atoms with Crippen LogP contribution in [0.4, 0.5) is 10.1 Å². The SMILES string of the molecule is Cc1cc(F)c2c(c1)C(=O)C(=O)N2Cc1ccc(O)cc1. The first-order valence-corrected chi connectivity index (χ1v) is 6.41. The predicted molar refractivity (Wildman–Crippen MR) is 74.8 cm³/mol. The predicted octanol–water partition coefficient (Wildman–Crippen LogP) is 2.57. The summed E-state index contributed by atoms with van der Waals surface area (Å²) in [5.74, 6) is -1.90. The van der Waals surface area contributed by atoms with Gasteiger partial charge in [0.05, 0.1) is 17.8 Å². The molecule has 0 aliphatic carbocycles. The van der Waals surface area contributed by atoms with E-state index in [4.69, 9.17) is 0 Å². The number of carbonyl (C=O) groups is 2. The highest BCUT2D eigenvalue weighted by Crippen LogP contribution is 2.34. The third kappa shape index (κ3) is 2.16. The Morgan fingerprint density at radius 3 is 2.48 bits per heavy atom. The highest BCUT2D eigenvalue weighted by molar-refractivity contribution is 6.52. The number of rotatable bonds is 2. The molecule has 2 aromatic carbocycles. The number of phenolic OH excluding ortho intramolecular Hbond substituents is 1. The number of hydrogen-bond acceptors (Lipinski definition) is 3. The maximum absolute atomic E-state index is 14.1. The normalized spacial score (nSPS) is 13.7. The number of aromatic hydroxyl groups is 1. The maximum atomic E-state index is 14.1. The van der Waals surface area contributed by atoms with Gasteiger partial charge in [-0.25, -0.2) is 4.39 Å². The highest BCUT2D eigenvalue weighted by atomic mass is 19.1. The van der Waals surface area contributed by atoms with Crippen LogP contribution in [-0.2, 0) is 11.3 Å². The molecule has 0 saturated heterocycles. The van der Waals surface area contributed by atoms with Gasteiger partial charge in [0.2, 0.25) is 0 Å². The molecular formula is C16H12FNO3. The quantitative estimate of drug-likeness (QED) is 0.863. The first-order chi connectivity index (χ1) is 9.97. The maximum Gasteiger partial charge on any atom is 0.299 e. The lowest BCUT2D eigenvalue weighted by atomic mass is 10.1. The van der Waals surface area contributed by atoms with E-state index in [1.54, 1.807) is 19.1 Å². The van der Waals surface area contributed by atoms with Crippen LogP contribution in [0.25, 0.3) is 0 Å². The first-order valence-electron chi connectivity index (χ1n) is 6.41. The lowest BCUT2D eigenvalue weighted by molar-refractivity contribution is -0.114. The van der Waals surface area contributed by atoms with Gasteiger partial charge in [0.15, 0.2) is 0 Å². The van der Waals surface area contributed by atoms with Crippen LogP contribution in [0.5, 0.6) is 5.75 Å². The Bertz CT molecular complexity index is 753. The smallest absolute Gasteiger partial charge is 0.299 e. The number of amides is 1. The van der Waals surface area contributed by atoms with Crippen LogP contribution in [0.3, 0.4) is 0 Å². The Balaban J connectivity index is 2.03. The average Bonchev–Trinajstić information content (AvgIpc) is 2.67. The van der Waals surface area contributed by atoms with Gasteiger partial charge in [0.25, 0.3) is 11.7 Å². The van der Waals surface area contributed by atoms with Crippen molar-refractivity contribution >= 4 is 17.4 Å². The molecule has 0 bridgehead atoms. The van der Waals surface area contributed by atoms with Gasteiger partial charge in [0.1, 0.15) is 11.6 Å². The monoisotopic (exact) mass is 285 g/mol. The zero-order chi connectivity index (χ0) is 15.1. The van der Waals surface area contributed by atoms with Crippen molar-refractivity contribution in [2.45, 2.75) is 13.5 Å². The van der Waals surface area contributed by atoms with E-state index >= 15 is 0 Å². The van der Waals surface area contributed by atoms with E-state index in [0.717, 1.165) is 4.90 Å². The molecule has 21 heavy (non-hydrogen) atoms. The summed E-state index contributed by atoms with van der Waals surface area (Å²) in [7, 11) is 0. The minimum atomic E-state index is -0.734. The van der Waals surface area contributed by atoms with E-state index in [9.17, 15) is 19.1 Å². The second-order valence-corrected chi connectivity index (χ2v) is 5.03. The molecule has 3 rings (SSSR count). The molecule has 0 aromatic heterocycles. The van der Waals surface area contributed by atoms with Crippen LogP contribution in [0.1, 0.15) is 21.5 Å². The number of halogens is 1. The Hall–Kier alpha value is -2.69. The number of fused-ring (bicyclic) bond motifs is 1. The molecule has 0 fully saturated rings. The first kappa shape index (κ1) is 13.3. The summed E-state index contributed by atoms with van der Waals surface area (Å²) >= 11 is 0. The molecule has 0 radical (unpaired) electrons. The van der Waals surface area contributed by atoms with E-state index in [-0.39, 0.29) is 23.5 Å². The Morgan fingerprint density at radius 1 is 1.14 bits per heavy atom. The van der Waals surface area contributed by atoms with Crippen molar-refractivity contribution in [3.63, 3.8) is 0 Å². The molecule has 0 unspecified atom stereocenters. The fourth-order valence-electron chi connectivity index (χ4n) is 2.46. The van der Waals surface area contributed by atoms with Gasteiger partial charge < -0.3 is 5.11 Å².